The van der Waals surface area contributed by atoms with Crippen LogP contribution in [0.15, 0.2) is 36.5 Å². The van der Waals surface area contributed by atoms with Gasteiger partial charge >= 0.3 is 0 Å². The highest BCUT2D eigenvalue weighted by Crippen LogP contribution is 2.49. The van der Waals surface area contributed by atoms with Gasteiger partial charge < -0.3 is 14.2 Å². The molecule has 0 saturated carbocycles. The summed E-state index contributed by atoms with van der Waals surface area (Å²) in [7, 11) is 4.71. The Morgan fingerprint density at radius 3 is 2.50 bits per heavy atom. The lowest BCUT2D eigenvalue weighted by Crippen LogP contribution is -2.28. The average Bonchev–Trinajstić information content (AvgIpc) is 3.02. The van der Waals surface area contributed by atoms with Gasteiger partial charge in [0.2, 0.25) is 11.7 Å². The lowest BCUT2D eigenvalue weighted by atomic mass is 10.1. The molecule has 1 atom stereocenters. The van der Waals surface area contributed by atoms with Crippen molar-refractivity contribution >= 4 is 23.5 Å². The van der Waals surface area contributed by atoms with Crippen LogP contribution in [0.3, 0.4) is 0 Å². The molecule has 3 rings (SSSR count). The van der Waals surface area contributed by atoms with Gasteiger partial charge in [0.1, 0.15) is 11.2 Å². The lowest BCUT2D eigenvalue weighted by molar-refractivity contribution is -0.115. The third-order valence-electron chi connectivity index (χ3n) is 3.76. The summed E-state index contributed by atoms with van der Waals surface area (Å²) in [5, 5.41) is -0.234. The standard InChI is InChI=1S/C17H18N2O4S/c1-21-12-8-7-11(15(22-2)16(12)23-3)17-19(14(20)10-24-17)13-6-4-5-9-18-13/h4-9,17H,10H2,1-3H3. The monoisotopic (exact) mass is 346 g/mol. The number of amides is 1. The normalized spacial score (nSPS) is 17.0. The first kappa shape index (κ1) is 16.4. The van der Waals surface area contributed by atoms with E-state index in [1.165, 1.54) is 11.8 Å². The number of ether oxygens (including phenoxy) is 3. The molecule has 1 saturated heterocycles. The van der Waals surface area contributed by atoms with E-state index in [1.54, 1.807) is 32.4 Å². The maximum absolute atomic E-state index is 12.4. The van der Waals surface area contributed by atoms with Crippen LogP contribution in [0.5, 0.6) is 17.2 Å². The molecule has 7 heteroatoms. The number of thioether (sulfide) groups is 1. The van der Waals surface area contributed by atoms with Crippen LogP contribution in [-0.2, 0) is 4.79 Å². The van der Waals surface area contributed by atoms with E-state index in [2.05, 4.69) is 4.98 Å². The van der Waals surface area contributed by atoms with Crippen molar-refractivity contribution in [1.82, 2.24) is 4.98 Å². The van der Waals surface area contributed by atoms with E-state index < -0.39 is 0 Å². The fraction of sp³-hybridized carbons (Fsp3) is 0.294. The number of hydrogen-bond donors (Lipinski definition) is 0. The van der Waals surface area contributed by atoms with Gasteiger partial charge in [-0.25, -0.2) is 4.98 Å². The highest BCUT2D eigenvalue weighted by molar-refractivity contribution is 8.00. The average molecular weight is 346 g/mol. The number of anilines is 1. The van der Waals surface area contributed by atoms with Crippen molar-refractivity contribution in [3.63, 3.8) is 0 Å². The van der Waals surface area contributed by atoms with E-state index in [4.69, 9.17) is 14.2 Å². The van der Waals surface area contributed by atoms with Crippen molar-refractivity contribution in [3.05, 3.63) is 42.1 Å². The van der Waals surface area contributed by atoms with Crippen LogP contribution in [0.25, 0.3) is 0 Å². The predicted molar refractivity (Wildman–Crippen MR) is 93.0 cm³/mol. The Kier molecular flexibility index (Phi) is 4.80. The Balaban J connectivity index is 2.09. The number of aromatic nitrogens is 1. The molecule has 24 heavy (non-hydrogen) atoms. The van der Waals surface area contributed by atoms with Crippen LogP contribution in [-0.4, -0.2) is 38.0 Å². The van der Waals surface area contributed by atoms with Gasteiger partial charge in [0.25, 0.3) is 0 Å². The Bertz CT molecular complexity index is 739. The first-order valence-corrected chi connectivity index (χ1v) is 8.39. The summed E-state index contributed by atoms with van der Waals surface area (Å²) in [5.41, 5.74) is 0.844. The minimum atomic E-state index is -0.234. The smallest absolute Gasteiger partial charge is 0.239 e. The van der Waals surface area contributed by atoms with Crippen LogP contribution >= 0.6 is 11.8 Å². The molecule has 0 N–H and O–H groups in total. The molecule has 0 radical (unpaired) electrons. The van der Waals surface area contributed by atoms with Crippen LogP contribution in [0, 0.1) is 0 Å². The zero-order valence-electron chi connectivity index (χ0n) is 13.7. The highest BCUT2D eigenvalue weighted by Gasteiger charge is 2.37. The zero-order chi connectivity index (χ0) is 17.1. The predicted octanol–water partition coefficient (Wildman–Crippen LogP) is 2.89. The molecule has 0 aliphatic carbocycles. The number of methoxy groups -OCH3 is 3. The number of benzene rings is 1. The second-order valence-electron chi connectivity index (χ2n) is 5.04. The van der Waals surface area contributed by atoms with Crippen LogP contribution in [0.2, 0.25) is 0 Å². The van der Waals surface area contributed by atoms with Gasteiger partial charge in [-0.15, -0.1) is 11.8 Å². The Labute approximate surface area is 144 Å². The second-order valence-corrected chi connectivity index (χ2v) is 6.11. The van der Waals surface area contributed by atoms with E-state index >= 15 is 0 Å². The molecule has 1 fully saturated rings. The van der Waals surface area contributed by atoms with Gasteiger partial charge in [-0.2, -0.15) is 0 Å². The van der Waals surface area contributed by atoms with Crippen LogP contribution in [0.4, 0.5) is 5.82 Å². The van der Waals surface area contributed by atoms with Crippen molar-refractivity contribution in [2.24, 2.45) is 0 Å². The van der Waals surface area contributed by atoms with Gasteiger partial charge in [0.15, 0.2) is 11.5 Å². The van der Waals surface area contributed by atoms with E-state index in [1.807, 2.05) is 30.3 Å². The first-order valence-electron chi connectivity index (χ1n) is 7.34. The molecule has 1 aliphatic heterocycles. The number of carbonyl (C=O) groups excluding carboxylic acids is 1. The summed E-state index contributed by atoms with van der Waals surface area (Å²) in [5.74, 6) is 2.67. The van der Waals surface area contributed by atoms with Crippen LogP contribution < -0.4 is 19.1 Å². The molecule has 126 valence electrons. The summed E-state index contributed by atoms with van der Waals surface area (Å²) in [6.45, 7) is 0. The number of nitrogens with zero attached hydrogens (tertiary/aromatic N) is 2. The fourth-order valence-electron chi connectivity index (χ4n) is 2.72. The number of rotatable bonds is 5. The molecule has 0 spiro atoms. The second kappa shape index (κ2) is 7.00. The number of hydrogen-bond acceptors (Lipinski definition) is 6. The van der Waals surface area contributed by atoms with Crippen molar-refractivity contribution in [2.75, 3.05) is 32.0 Å². The largest absolute Gasteiger partial charge is 0.493 e. The van der Waals surface area contributed by atoms with E-state index in [0.29, 0.717) is 28.8 Å². The number of pyridine rings is 1. The molecular formula is C17H18N2O4S. The molecule has 1 aromatic carbocycles. The number of carbonyl (C=O) groups is 1. The summed E-state index contributed by atoms with van der Waals surface area (Å²) in [4.78, 5) is 18.4. The summed E-state index contributed by atoms with van der Waals surface area (Å²) < 4.78 is 16.3. The molecule has 6 nitrogen and oxygen atoms in total. The highest BCUT2D eigenvalue weighted by atomic mass is 32.2. The quantitative estimate of drug-likeness (QED) is 0.830. The Morgan fingerprint density at radius 2 is 1.88 bits per heavy atom. The summed E-state index contributed by atoms with van der Waals surface area (Å²) in [6.07, 6.45) is 1.68. The van der Waals surface area contributed by atoms with Gasteiger partial charge in [-0.3, -0.25) is 9.69 Å². The van der Waals surface area contributed by atoms with Crippen molar-refractivity contribution in [2.45, 2.75) is 5.37 Å². The van der Waals surface area contributed by atoms with Crippen LogP contribution in [0.1, 0.15) is 10.9 Å². The summed E-state index contributed by atoms with van der Waals surface area (Å²) in [6, 6.07) is 9.22. The molecule has 0 bridgehead atoms. The van der Waals surface area contributed by atoms with Gasteiger partial charge in [-0.05, 0) is 24.3 Å². The van der Waals surface area contributed by atoms with E-state index in [0.717, 1.165) is 5.56 Å². The zero-order valence-corrected chi connectivity index (χ0v) is 14.5. The van der Waals surface area contributed by atoms with E-state index in [9.17, 15) is 4.79 Å². The Morgan fingerprint density at radius 1 is 1.08 bits per heavy atom. The lowest BCUT2D eigenvalue weighted by Gasteiger charge is -2.25. The van der Waals surface area contributed by atoms with E-state index in [-0.39, 0.29) is 11.3 Å². The SMILES string of the molecule is COc1ccc(C2SCC(=O)N2c2ccccn2)c(OC)c1OC. The molecule has 1 amide bonds. The minimum absolute atomic E-state index is 0.0144. The van der Waals surface area contributed by atoms with Crippen molar-refractivity contribution < 1.29 is 19.0 Å². The maximum Gasteiger partial charge on any atom is 0.239 e. The maximum atomic E-state index is 12.4. The van der Waals surface area contributed by atoms with Crippen molar-refractivity contribution in [1.29, 1.82) is 0 Å². The Hall–Kier alpha value is -2.41. The van der Waals surface area contributed by atoms with Gasteiger partial charge in [0.05, 0.1) is 27.1 Å². The molecule has 2 heterocycles. The fourth-order valence-corrected chi connectivity index (χ4v) is 3.90. The molecule has 1 unspecified atom stereocenters. The van der Waals surface area contributed by atoms with Gasteiger partial charge in [0, 0.05) is 11.8 Å². The molecule has 1 aliphatic rings. The summed E-state index contributed by atoms with van der Waals surface area (Å²) >= 11 is 1.53. The molecular weight excluding hydrogens is 328 g/mol. The molecule has 1 aromatic heterocycles. The molecule has 2 aromatic rings. The first-order chi connectivity index (χ1) is 11.7. The minimum Gasteiger partial charge on any atom is -0.493 e. The van der Waals surface area contributed by atoms with Gasteiger partial charge in [-0.1, -0.05) is 6.07 Å². The van der Waals surface area contributed by atoms with Crippen molar-refractivity contribution in [3.8, 4) is 17.2 Å². The third kappa shape index (κ3) is 2.75. The third-order valence-corrected chi connectivity index (χ3v) is 4.96. The topological polar surface area (TPSA) is 60.9 Å².